The Labute approximate surface area is 171 Å². The fraction of sp³-hybridized carbons (Fsp3) is 0.273. The van der Waals surface area contributed by atoms with E-state index in [4.69, 9.17) is 4.74 Å². The minimum absolute atomic E-state index is 0.00642. The van der Waals surface area contributed by atoms with Crippen LogP contribution in [0.15, 0.2) is 60.7 Å². The highest BCUT2D eigenvalue weighted by atomic mass is 16.6. The molecule has 152 valence electrons. The minimum Gasteiger partial charge on any atom is -0.393 e. The quantitative estimate of drug-likeness (QED) is 0.361. The molecule has 4 atom stereocenters. The van der Waals surface area contributed by atoms with Gasteiger partial charge in [-0.2, -0.15) is 0 Å². The van der Waals surface area contributed by atoms with Crippen LogP contribution in [0.3, 0.4) is 0 Å². The molecule has 2 aromatic rings. The van der Waals surface area contributed by atoms with Crippen LogP contribution in [0.2, 0.25) is 0 Å². The fourth-order valence-corrected chi connectivity index (χ4v) is 4.87. The predicted octanol–water partition coefficient (Wildman–Crippen LogP) is 2.46. The zero-order chi connectivity index (χ0) is 21.3. The number of rotatable bonds is 4. The smallest absolute Gasteiger partial charge is 0.269 e. The van der Waals surface area contributed by atoms with Crippen molar-refractivity contribution in [3.8, 4) is 11.1 Å². The van der Waals surface area contributed by atoms with E-state index in [-0.39, 0.29) is 24.1 Å². The van der Waals surface area contributed by atoms with E-state index in [0.717, 1.165) is 11.1 Å². The molecule has 2 aromatic carbocycles. The third-order valence-electron chi connectivity index (χ3n) is 6.34. The lowest BCUT2D eigenvalue weighted by molar-refractivity contribution is -0.384. The van der Waals surface area contributed by atoms with Crippen molar-refractivity contribution in [1.29, 1.82) is 0 Å². The number of aliphatic hydroxyl groups is 1. The monoisotopic (exact) mass is 406 g/mol. The van der Waals surface area contributed by atoms with E-state index in [1.165, 1.54) is 17.0 Å². The normalized spacial score (nSPS) is 31.5. The van der Waals surface area contributed by atoms with Gasteiger partial charge in [-0.3, -0.25) is 19.7 Å². The van der Waals surface area contributed by atoms with Crippen LogP contribution in [0.5, 0.6) is 0 Å². The zero-order valence-corrected chi connectivity index (χ0v) is 16.0. The topological polar surface area (TPSA) is 110 Å². The molecule has 3 aliphatic rings. The first-order valence-electron chi connectivity index (χ1n) is 9.54. The number of aliphatic hydroxyl groups excluding tert-OH is 1. The van der Waals surface area contributed by atoms with Gasteiger partial charge in [-0.1, -0.05) is 24.3 Å². The summed E-state index contributed by atoms with van der Waals surface area (Å²) in [6, 6.07) is 13.0. The number of fused-ring (bicyclic) bond motifs is 5. The van der Waals surface area contributed by atoms with Crippen molar-refractivity contribution in [3.05, 3.63) is 70.8 Å². The molecule has 5 rings (SSSR count). The SMILES string of the molecule is C[C@@]12C=C[C@@](CO)(O1)[C@H]1C(=O)N(c3ccc(-c4ccc([N+](=O)[O-])cc4)cc3)C(=O)[C@H]12. The fourth-order valence-electron chi connectivity index (χ4n) is 4.87. The molecular formula is C22H18N2O6. The molecule has 2 fully saturated rings. The van der Waals surface area contributed by atoms with Gasteiger partial charge >= 0.3 is 0 Å². The molecule has 8 heteroatoms. The second-order valence-corrected chi connectivity index (χ2v) is 8.05. The third kappa shape index (κ3) is 2.34. The van der Waals surface area contributed by atoms with Gasteiger partial charge in [0, 0.05) is 12.1 Å². The lowest BCUT2D eigenvalue weighted by atomic mass is 9.73. The number of hydrogen-bond donors (Lipinski definition) is 1. The van der Waals surface area contributed by atoms with Crippen molar-refractivity contribution >= 4 is 23.2 Å². The standard InChI is InChI=1S/C22H18N2O6/c1-21-10-11-22(12-25,30-21)18-17(21)19(26)23(20(18)27)15-6-2-13(3-7-15)14-4-8-16(9-5-14)24(28)29/h2-11,17-18,25H,12H2,1H3/t17-,18+,21-,22-/m0/s1. The summed E-state index contributed by atoms with van der Waals surface area (Å²) in [4.78, 5) is 37.8. The lowest BCUT2D eigenvalue weighted by Crippen LogP contribution is -2.43. The number of amides is 2. The van der Waals surface area contributed by atoms with Crippen molar-refractivity contribution in [2.75, 3.05) is 11.5 Å². The molecule has 0 radical (unpaired) electrons. The van der Waals surface area contributed by atoms with E-state index in [9.17, 15) is 24.8 Å². The van der Waals surface area contributed by atoms with Gasteiger partial charge in [-0.05, 0) is 42.3 Å². The van der Waals surface area contributed by atoms with Gasteiger partial charge in [0.25, 0.3) is 5.69 Å². The van der Waals surface area contributed by atoms with Crippen LogP contribution in [-0.2, 0) is 14.3 Å². The van der Waals surface area contributed by atoms with Gasteiger partial charge in [0.05, 0.1) is 34.7 Å². The summed E-state index contributed by atoms with van der Waals surface area (Å²) in [5, 5.41) is 20.7. The van der Waals surface area contributed by atoms with Crippen molar-refractivity contribution < 1.29 is 24.4 Å². The maximum atomic E-state index is 13.2. The number of anilines is 1. The van der Waals surface area contributed by atoms with Gasteiger partial charge in [-0.25, -0.2) is 4.90 Å². The second-order valence-electron chi connectivity index (χ2n) is 8.05. The van der Waals surface area contributed by atoms with Crippen LogP contribution in [0, 0.1) is 22.0 Å². The number of nitro groups is 1. The summed E-state index contributed by atoms with van der Waals surface area (Å²) < 4.78 is 5.91. The maximum Gasteiger partial charge on any atom is 0.269 e. The van der Waals surface area contributed by atoms with E-state index < -0.39 is 28.0 Å². The minimum atomic E-state index is -1.15. The first kappa shape index (κ1) is 18.7. The second kappa shape index (κ2) is 6.07. The number of nitrogens with zero attached hydrogens (tertiary/aromatic N) is 2. The number of carbonyl (C=O) groups is 2. The van der Waals surface area contributed by atoms with Crippen LogP contribution in [0.4, 0.5) is 11.4 Å². The highest BCUT2D eigenvalue weighted by Crippen LogP contribution is 2.57. The molecular weight excluding hydrogens is 388 g/mol. The van der Waals surface area contributed by atoms with Gasteiger partial charge in [0.2, 0.25) is 11.8 Å². The van der Waals surface area contributed by atoms with Crippen LogP contribution in [0.25, 0.3) is 11.1 Å². The Morgan fingerprint density at radius 1 is 1.00 bits per heavy atom. The molecule has 2 amide bonds. The van der Waals surface area contributed by atoms with Crippen LogP contribution < -0.4 is 4.90 Å². The number of ether oxygens (including phenoxy) is 1. The van der Waals surface area contributed by atoms with Gasteiger partial charge < -0.3 is 9.84 Å². The summed E-state index contributed by atoms with van der Waals surface area (Å²) in [5.74, 6) is -2.14. The van der Waals surface area contributed by atoms with Crippen LogP contribution in [0.1, 0.15) is 6.92 Å². The van der Waals surface area contributed by atoms with E-state index in [1.54, 1.807) is 55.5 Å². The van der Waals surface area contributed by atoms with Crippen molar-refractivity contribution in [3.63, 3.8) is 0 Å². The molecule has 30 heavy (non-hydrogen) atoms. The number of imide groups is 1. The molecule has 0 aromatic heterocycles. The maximum absolute atomic E-state index is 13.2. The van der Waals surface area contributed by atoms with Gasteiger partial charge in [0.1, 0.15) is 5.60 Å². The largest absolute Gasteiger partial charge is 0.393 e. The average Bonchev–Trinajstić information content (AvgIpc) is 3.33. The van der Waals surface area contributed by atoms with E-state index in [1.807, 2.05) is 0 Å². The molecule has 2 bridgehead atoms. The Morgan fingerprint density at radius 2 is 1.57 bits per heavy atom. The van der Waals surface area contributed by atoms with Gasteiger partial charge in [-0.15, -0.1) is 0 Å². The summed E-state index contributed by atoms with van der Waals surface area (Å²) in [7, 11) is 0. The number of benzene rings is 2. The van der Waals surface area contributed by atoms with E-state index in [2.05, 4.69) is 0 Å². The number of nitro benzene ring substituents is 1. The van der Waals surface area contributed by atoms with Gasteiger partial charge in [0.15, 0.2) is 0 Å². The van der Waals surface area contributed by atoms with Crippen molar-refractivity contribution in [1.82, 2.24) is 0 Å². The van der Waals surface area contributed by atoms with Crippen molar-refractivity contribution in [2.45, 2.75) is 18.1 Å². The molecule has 1 N–H and O–H groups in total. The highest BCUT2D eigenvalue weighted by molar-refractivity contribution is 6.23. The van der Waals surface area contributed by atoms with Crippen LogP contribution >= 0.6 is 0 Å². The number of carbonyl (C=O) groups excluding carboxylic acids is 2. The molecule has 0 spiro atoms. The number of hydrogen-bond acceptors (Lipinski definition) is 6. The lowest BCUT2D eigenvalue weighted by Gasteiger charge is -2.27. The summed E-state index contributed by atoms with van der Waals surface area (Å²) in [5.41, 5.74) is -0.0249. The molecule has 8 nitrogen and oxygen atoms in total. The molecule has 3 aliphatic heterocycles. The summed E-state index contributed by atoms with van der Waals surface area (Å²) in [6.45, 7) is 1.39. The Bertz CT molecular complexity index is 1110. The first-order chi connectivity index (χ1) is 14.3. The summed E-state index contributed by atoms with van der Waals surface area (Å²) in [6.07, 6.45) is 3.46. The highest BCUT2D eigenvalue weighted by Gasteiger charge is 2.72. The van der Waals surface area contributed by atoms with E-state index >= 15 is 0 Å². The molecule has 2 saturated heterocycles. The molecule has 3 heterocycles. The molecule has 0 aliphatic carbocycles. The van der Waals surface area contributed by atoms with Crippen LogP contribution in [-0.4, -0.2) is 39.7 Å². The molecule has 0 saturated carbocycles. The van der Waals surface area contributed by atoms with E-state index in [0.29, 0.717) is 5.69 Å². The zero-order valence-electron chi connectivity index (χ0n) is 16.0. The summed E-state index contributed by atoms with van der Waals surface area (Å²) >= 11 is 0. The Balaban J connectivity index is 1.45. The Kier molecular flexibility index (Phi) is 3.77. The number of non-ortho nitro benzene ring substituents is 1. The molecule has 0 unspecified atom stereocenters. The van der Waals surface area contributed by atoms with Crippen molar-refractivity contribution in [2.24, 2.45) is 11.8 Å². The Morgan fingerprint density at radius 3 is 2.13 bits per heavy atom. The third-order valence-corrected chi connectivity index (χ3v) is 6.34. The predicted molar refractivity (Wildman–Crippen MR) is 106 cm³/mol. The first-order valence-corrected chi connectivity index (χ1v) is 9.54. The average molecular weight is 406 g/mol. The Hall–Kier alpha value is -3.36.